The molecule has 0 spiro atoms. The highest BCUT2D eigenvalue weighted by Gasteiger charge is 2.33. The average molecular weight is 460 g/mol. The van der Waals surface area contributed by atoms with E-state index in [1.54, 1.807) is 24.3 Å². The number of hydrogen-bond acceptors (Lipinski definition) is 7. The minimum Gasteiger partial charge on any atom is -0.482 e. The first kappa shape index (κ1) is 23.2. The standard InChI is InChI=1S/C21H15F3N4O5/c22-21(23,24)16-7-8-17(18(11-16)27(29)30)26-25-12-15-6-9-20(19(10-15)28(31)32)33-13-14-4-2-1-3-5-14/h1-12,26H,13H2/b25-12-. The maximum absolute atomic E-state index is 12.8. The van der Waals surface area contributed by atoms with Crippen LogP contribution in [0.5, 0.6) is 5.75 Å². The molecule has 0 aliphatic carbocycles. The molecule has 0 radical (unpaired) electrons. The summed E-state index contributed by atoms with van der Waals surface area (Å²) in [4.78, 5) is 20.9. The molecule has 0 heterocycles. The Balaban J connectivity index is 1.77. The van der Waals surface area contributed by atoms with E-state index in [9.17, 15) is 33.4 Å². The molecule has 9 nitrogen and oxygen atoms in total. The van der Waals surface area contributed by atoms with Gasteiger partial charge in [-0.25, -0.2) is 0 Å². The summed E-state index contributed by atoms with van der Waals surface area (Å²) in [6, 6.07) is 15.0. The Morgan fingerprint density at radius 3 is 2.27 bits per heavy atom. The molecule has 0 saturated carbocycles. The van der Waals surface area contributed by atoms with Crippen LogP contribution in [0.25, 0.3) is 0 Å². The molecular weight excluding hydrogens is 445 g/mol. The van der Waals surface area contributed by atoms with E-state index in [-0.39, 0.29) is 29.3 Å². The summed E-state index contributed by atoms with van der Waals surface area (Å²) >= 11 is 0. The summed E-state index contributed by atoms with van der Waals surface area (Å²) in [7, 11) is 0. The summed E-state index contributed by atoms with van der Waals surface area (Å²) in [5, 5.41) is 26.3. The van der Waals surface area contributed by atoms with Gasteiger partial charge in [0.05, 0.1) is 21.6 Å². The van der Waals surface area contributed by atoms with E-state index in [0.717, 1.165) is 17.8 Å². The molecular formula is C21H15F3N4O5. The van der Waals surface area contributed by atoms with Gasteiger partial charge in [-0.2, -0.15) is 18.3 Å². The Morgan fingerprint density at radius 2 is 1.64 bits per heavy atom. The molecule has 3 aromatic rings. The van der Waals surface area contributed by atoms with Crippen LogP contribution in [0.1, 0.15) is 16.7 Å². The van der Waals surface area contributed by atoms with E-state index < -0.39 is 27.3 Å². The van der Waals surface area contributed by atoms with Crippen LogP contribution in [0.2, 0.25) is 0 Å². The molecule has 0 unspecified atom stereocenters. The van der Waals surface area contributed by atoms with Gasteiger partial charge in [0.25, 0.3) is 5.69 Å². The average Bonchev–Trinajstić information content (AvgIpc) is 2.78. The third kappa shape index (κ3) is 6.03. The van der Waals surface area contributed by atoms with Crippen molar-refractivity contribution >= 4 is 23.3 Å². The number of ether oxygens (including phenoxy) is 1. The van der Waals surface area contributed by atoms with Crippen molar-refractivity contribution in [3.05, 3.63) is 104 Å². The van der Waals surface area contributed by atoms with Gasteiger partial charge in [0.15, 0.2) is 5.75 Å². The van der Waals surface area contributed by atoms with Gasteiger partial charge in [0, 0.05) is 17.7 Å². The summed E-state index contributed by atoms with van der Waals surface area (Å²) < 4.78 is 43.9. The van der Waals surface area contributed by atoms with Crippen LogP contribution in [0, 0.1) is 20.2 Å². The largest absolute Gasteiger partial charge is 0.482 e. The minimum absolute atomic E-state index is 0.0346. The van der Waals surface area contributed by atoms with Crippen LogP contribution in [0.3, 0.4) is 0 Å². The van der Waals surface area contributed by atoms with Gasteiger partial charge in [0.2, 0.25) is 0 Å². The zero-order valence-corrected chi connectivity index (χ0v) is 16.7. The lowest BCUT2D eigenvalue weighted by molar-refractivity contribution is -0.386. The summed E-state index contributed by atoms with van der Waals surface area (Å²) in [5.41, 5.74) is 0.773. The van der Waals surface area contributed by atoms with Gasteiger partial charge in [-0.3, -0.25) is 25.7 Å². The van der Waals surface area contributed by atoms with E-state index in [2.05, 4.69) is 10.5 Å². The maximum atomic E-state index is 12.8. The molecule has 0 atom stereocenters. The molecule has 0 amide bonds. The quantitative estimate of drug-likeness (QED) is 0.267. The second kappa shape index (κ2) is 9.77. The molecule has 0 bridgehead atoms. The van der Waals surface area contributed by atoms with Gasteiger partial charge >= 0.3 is 11.9 Å². The number of hydrogen-bond donors (Lipinski definition) is 1. The molecule has 170 valence electrons. The zero-order chi connectivity index (χ0) is 24.0. The second-order valence-electron chi connectivity index (χ2n) is 6.62. The molecule has 3 rings (SSSR count). The number of nitrogens with zero attached hydrogens (tertiary/aromatic N) is 3. The molecule has 0 aliphatic heterocycles. The lowest BCUT2D eigenvalue weighted by Crippen LogP contribution is -2.06. The Labute approximate surface area is 184 Å². The fourth-order valence-electron chi connectivity index (χ4n) is 2.74. The van der Waals surface area contributed by atoms with Crippen LogP contribution < -0.4 is 10.2 Å². The fraction of sp³-hybridized carbons (Fsp3) is 0.0952. The lowest BCUT2D eigenvalue weighted by atomic mass is 10.1. The summed E-state index contributed by atoms with van der Waals surface area (Å²) in [6.45, 7) is 0.119. The third-order valence-corrected chi connectivity index (χ3v) is 4.34. The maximum Gasteiger partial charge on any atom is 0.416 e. The SMILES string of the molecule is O=[N+]([O-])c1cc(C(F)(F)F)ccc1N/N=C\c1ccc(OCc2ccccc2)c([N+](=O)[O-])c1. The van der Waals surface area contributed by atoms with Gasteiger partial charge in [-0.05, 0) is 29.8 Å². The van der Waals surface area contributed by atoms with Crippen LogP contribution in [-0.4, -0.2) is 16.1 Å². The van der Waals surface area contributed by atoms with Crippen LogP contribution in [0.15, 0.2) is 71.8 Å². The Bertz CT molecular complexity index is 1200. The Hall–Kier alpha value is -4.48. The molecule has 33 heavy (non-hydrogen) atoms. The molecule has 0 aliphatic rings. The van der Waals surface area contributed by atoms with Crippen molar-refractivity contribution in [1.29, 1.82) is 0 Å². The number of halogens is 3. The number of rotatable bonds is 8. The number of nitro groups is 2. The first-order chi connectivity index (χ1) is 15.6. The van der Waals surface area contributed by atoms with Crippen LogP contribution in [0.4, 0.5) is 30.2 Å². The first-order valence-electron chi connectivity index (χ1n) is 9.25. The minimum atomic E-state index is -4.74. The Morgan fingerprint density at radius 1 is 0.939 bits per heavy atom. The van der Waals surface area contributed by atoms with Gasteiger partial charge < -0.3 is 4.74 Å². The third-order valence-electron chi connectivity index (χ3n) is 4.34. The van der Waals surface area contributed by atoms with E-state index in [4.69, 9.17) is 4.74 Å². The van der Waals surface area contributed by atoms with Crippen molar-refractivity contribution in [2.24, 2.45) is 5.10 Å². The van der Waals surface area contributed by atoms with Crippen molar-refractivity contribution in [2.75, 3.05) is 5.43 Å². The fourth-order valence-corrected chi connectivity index (χ4v) is 2.74. The van der Waals surface area contributed by atoms with Gasteiger partial charge in [-0.15, -0.1) is 0 Å². The molecule has 0 saturated heterocycles. The highest BCUT2D eigenvalue weighted by Crippen LogP contribution is 2.35. The predicted octanol–water partition coefficient (Wildman–Crippen LogP) is 5.55. The monoisotopic (exact) mass is 460 g/mol. The van der Waals surface area contributed by atoms with Crippen molar-refractivity contribution in [3.63, 3.8) is 0 Å². The van der Waals surface area contributed by atoms with Crippen molar-refractivity contribution < 1.29 is 27.8 Å². The van der Waals surface area contributed by atoms with Crippen molar-refractivity contribution in [2.45, 2.75) is 12.8 Å². The van der Waals surface area contributed by atoms with E-state index in [0.29, 0.717) is 12.1 Å². The zero-order valence-electron chi connectivity index (χ0n) is 16.7. The van der Waals surface area contributed by atoms with Crippen LogP contribution in [-0.2, 0) is 12.8 Å². The molecule has 1 N–H and O–H groups in total. The van der Waals surface area contributed by atoms with E-state index >= 15 is 0 Å². The smallest absolute Gasteiger partial charge is 0.416 e. The number of nitro benzene ring substituents is 2. The molecule has 0 fully saturated rings. The summed E-state index contributed by atoms with van der Waals surface area (Å²) in [6.07, 6.45) is -3.61. The number of anilines is 1. The van der Waals surface area contributed by atoms with Crippen molar-refractivity contribution in [3.8, 4) is 5.75 Å². The number of benzene rings is 3. The molecule has 3 aromatic carbocycles. The van der Waals surface area contributed by atoms with E-state index in [1.165, 1.54) is 18.2 Å². The molecule has 0 aromatic heterocycles. The van der Waals surface area contributed by atoms with Gasteiger partial charge in [-0.1, -0.05) is 30.3 Å². The topological polar surface area (TPSA) is 120 Å². The number of hydrazone groups is 1. The van der Waals surface area contributed by atoms with Crippen molar-refractivity contribution in [1.82, 2.24) is 0 Å². The van der Waals surface area contributed by atoms with Gasteiger partial charge in [0.1, 0.15) is 12.3 Å². The number of alkyl halides is 3. The highest BCUT2D eigenvalue weighted by molar-refractivity contribution is 5.82. The predicted molar refractivity (Wildman–Crippen MR) is 113 cm³/mol. The Kier molecular flexibility index (Phi) is 6.86. The number of nitrogens with one attached hydrogen (secondary N) is 1. The molecule has 12 heteroatoms. The first-order valence-corrected chi connectivity index (χ1v) is 9.25. The lowest BCUT2D eigenvalue weighted by Gasteiger charge is -2.08. The van der Waals surface area contributed by atoms with E-state index in [1.807, 2.05) is 6.07 Å². The second-order valence-corrected chi connectivity index (χ2v) is 6.62. The van der Waals surface area contributed by atoms with Crippen LogP contribution >= 0.6 is 0 Å². The summed E-state index contributed by atoms with van der Waals surface area (Å²) in [5.74, 6) is 0.0346. The normalized spacial score (nSPS) is 11.4. The highest BCUT2D eigenvalue weighted by atomic mass is 19.4.